The lowest BCUT2D eigenvalue weighted by atomic mass is 9.88. The van der Waals surface area contributed by atoms with Gasteiger partial charge in [-0.05, 0) is 60.2 Å². The van der Waals surface area contributed by atoms with Gasteiger partial charge in [-0.15, -0.1) is 0 Å². The maximum atomic E-state index is 13.4. The van der Waals surface area contributed by atoms with E-state index >= 15 is 0 Å². The molecule has 1 unspecified atom stereocenters. The predicted molar refractivity (Wildman–Crippen MR) is 82.1 cm³/mol. The molecule has 0 fully saturated rings. The molecule has 0 aromatic heterocycles. The third kappa shape index (κ3) is 3.20. The van der Waals surface area contributed by atoms with Gasteiger partial charge in [0.2, 0.25) is 0 Å². The van der Waals surface area contributed by atoms with E-state index in [0.717, 1.165) is 30.6 Å². The van der Waals surface area contributed by atoms with Crippen LogP contribution in [0.4, 0.5) is 4.39 Å². The van der Waals surface area contributed by atoms with Gasteiger partial charge in [0.05, 0.1) is 5.02 Å². The van der Waals surface area contributed by atoms with E-state index in [4.69, 9.17) is 22.1 Å². The number of hydrogen-bond donors (Lipinski definition) is 1. The zero-order valence-electron chi connectivity index (χ0n) is 11.6. The van der Waals surface area contributed by atoms with E-state index in [-0.39, 0.29) is 11.1 Å². The summed E-state index contributed by atoms with van der Waals surface area (Å²) in [5, 5.41) is 0.124. The van der Waals surface area contributed by atoms with Gasteiger partial charge in [0.1, 0.15) is 18.2 Å². The second-order valence-electron chi connectivity index (χ2n) is 5.40. The monoisotopic (exact) mass is 305 g/mol. The summed E-state index contributed by atoms with van der Waals surface area (Å²) >= 11 is 5.66. The van der Waals surface area contributed by atoms with Crippen molar-refractivity contribution < 1.29 is 9.13 Å². The van der Waals surface area contributed by atoms with Crippen LogP contribution in [0.25, 0.3) is 0 Å². The minimum absolute atomic E-state index is 0.0882. The Labute approximate surface area is 128 Å². The molecule has 0 bridgehead atoms. The molecule has 1 aliphatic carbocycles. The first-order chi connectivity index (χ1) is 10.1. The molecule has 0 saturated carbocycles. The summed E-state index contributed by atoms with van der Waals surface area (Å²) in [5.41, 5.74) is 9.36. The SMILES string of the molecule is NC1CCCc2ccc(OCc3ccc(Cl)c(F)c3)cc21. The Morgan fingerprint density at radius 1 is 1.24 bits per heavy atom. The van der Waals surface area contributed by atoms with E-state index in [1.165, 1.54) is 17.2 Å². The number of ether oxygens (including phenoxy) is 1. The molecule has 0 saturated heterocycles. The van der Waals surface area contributed by atoms with E-state index < -0.39 is 5.82 Å². The van der Waals surface area contributed by atoms with Crippen molar-refractivity contribution in [1.29, 1.82) is 0 Å². The minimum Gasteiger partial charge on any atom is -0.489 e. The fraction of sp³-hybridized carbons (Fsp3) is 0.294. The normalized spacial score (nSPS) is 17.4. The molecule has 4 heteroatoms. The van der Waals surface area contributed by atoms with Crippen LogP contribution in [0.15, 0.2) is 36.4 Å². The first-order valence-electron chi connectivity index (χ1n) is 7.08. The third-order valence-corrected chi connectivity index (χ3v) is 4.17. The molecule has 1 aliphatic rings. The number of rotatable bonds is 3. The van der Waals surface area contributed by atoms with Gasteiger partial charge in [-0.2, -0.15) is 0 Å². The Morgan fingerprint density at radius 3 is 2.90 bits per heavy atom. The van der Waals surface area contributed by atoms with Crippen LogP contribution in [0.1, 0.15) is 35.6 Å². The Morgan fingerprint density at radius 2 is 2.10 bits per heavy atom. The molecule has 0 amide bonds. The Bertz CT molecular complexity index is 659. The van der Waals surface area contributed by atoms with Crippen LogP contribution in [-0.2, 0) is 13.0 Å². The molecular formula is C17H17ClFNO. The highest BCUT2D eigenvalue weighted by Crippen LogP contribution is 2.31. The molecular weight excluding hydrogens is 289 g/mol. The van der Waals surface area contributed by atoms with Crippen molar-refractivity contribution in [2.24, 2.45) is 5.73 Å². The summed E-state index contributed by atoms with van der Waals surface area (Å²) in [4.78, 5) is 0. The summed E-state index contributed by atoms with van der Waals surface area (Å²) in [6, 6.07) is 10.8. The number of aryl methyl sites for hydroxylation is 1. The average Bonchev–Trinajstić information content (AvgIpc) is 2.49. The lowest BCUT2D eigenvalue weighted by molar-refractivity contribution is 0.304. The van der Waals surface area contributed by atoms with E-state index in [9.17, 15) is 4.39 Å². The number of hydrogen-bond acceptors (Lipinski definition) is 2. The topological polar surface area (TPSA) is 35.2 Å². The molecule has 0 spiro atoms. The standard InChI is InChI=1S/C17H17ClFNO/c18-15-7-4-11(8-16(15)19)10-21-13-6-5-12-2-1-3-17(20)14(12)9-13/h4-9,17H,1-3,10,20H2. The van der Waals surface area contributed by atoms with Crippen LogP contribution in [0.2, 0.25) is 5.02 Å². The molecule has 0 heterocycles. The van der Waals surface area contributed by atoms with Gasteiger partial charge in [-0.3, -0.25) is 0 Å². The van der Waals surface area contributed by atoms with E-state index in [1.54, 1.807) is 12.1 Å². The highest BCUT2D eigenvalue weighted by atomic mass is 35.5. The Balaban J connectivity index is 1.73. The molecule has 110 valence electrons. The van der Waals surface area contributed by atoms with Gasteiger partial charge in [0.15, 0.2) is 0 Å². The van der Waals surface area contributed by atoms with Crippen molar-refractivity contribution in [3.05, 3.63) is 63.9 Å². The maximum Gasteiger partial charge on any atom is 0.142 e. The molecule has 2 N–H and O–H groups in total. The quantitative estimate of drug-likeness (QED) is 0.912. The second kappa shape index (κ2) is 6.04. The van der Waals surface area contributed by atoms with Crippen molar-refractivity contribution in [3.8, 4) is 5.75 Å². The molecule has 1 atom stereocenters. The van der Waals surface area contributed by atoms with Crippen molar-refractivity contribution >= 4 is 11.6 Å². The van der Waals surface area contributed by atoms with Crippen molar-refractivity contribution in [2.45, 2.75) is 31.9 Å². The van der Waals surface area contributed by atoms with Crippen LogP contribution in [0.3, 0.4) is 0 Å². The van der Waals surface area contributed by atoms with Gasteiger partial charge in [-0.25, -0.2) is 4.39 Å². The lowest BCUT2D eigenvalue weighted by Gasteiger charge is -2.22. The van der Waals surface area contributed by atoms with Gasteiger partial charge < -0.3 is 10.5 Å². The predicted octanol–water partition coefficient (Wildman–Crippen LogP) is 4.39. The number of benzene rings is 2. The van der Waals surface area contributed by atoms with Crippen LogP contribution in [0, 0.1) is 5.82 Å². The lowest BCUT2D eigenvalue weighted by Crippen LogP contribution is -2.17. The zero-order valence-corrected chi connectivity index (χ0v) is 12.4. The highest BCUT2D eigenvalue weighted by molar-refractivity contribution is 6.30. The molecule has 21 heavy (non-hydrogen) atoms. The van der Waals surface area contributed by atoms with Crippen LogP contribution < -0.4 is 10.5 Å². The first kappa shape index (κ1) is 14.4. The largest absolute Gasteiger partial charge is 0.489 e. The molecule has 0 radical (unpaired) electrons. The number of fused-ring (bicyclic) bond motifs is 1. The first-order valence-corrected chi connectivity index (χ1v) is 7.46. The van der Waals surface area contributed by atoms with Crippen LogP contribution in [-0.4, -0.2) is 0 Å². The number of nitrogens with two attached hydrogens (primary N) is 1. The van der Waals surface area contributed by atoms with Gasteiger partial charge >= 0.3 is 0 Å². The van der Waals surface area contributed by atoms with E-state index in [1.807, 2.05) is 12.1 Å². The fourth-order valence-corrected chi connectivity index (χ4v) is 2.82. The summed E-state index contributed by atoms with van der Waals surface area (Å²) in [6.45, 7) is 0.308. The minimum atomic E-state index is -0.426. The molecule has 2 nitrogen and oxygen atoms in total. The Kier molecular flexibility index (Phi) is 4.13. The van der Waals surface area contributed by atoms with E-state index in [0.29, 0.717) is 6.61 Å². The average molecular weight is 306 g/mol. The number of halogens is 2. The highest BCUT2D eigenvalue weighted by Gasteiger charge is 2.17. The smallest absolute Gasteiger partial charge is 0.142 e. The summed E-state index contributed by atoms with van der Waals surface area (Å²) in [6.07, 6.45) is 3.23. The third-order valence-electron chi connectivity index (χ3n) is 3.87. The van der Waals surface area contributed by atoms with Crippen molar-refractivity contribution in [3.63, 3.8) is 0 Å². The molecule has 2 aromatic rings. The second-order valence-corrected chi connectivity index (χ2v) is 5.80. The maximum absolute atomic E-state index is 13.4. The van der Waals surface area contributed by atoms with Gasteiger partial charge in [-0.1, -0.05) is 23.7 Å². The fourth-order valence-electron chi connectivity index (χ4n) is 2.70. The van der Waals surface area contributed by atoms with Crippen molar-refractivity contribution in [2.75, 3.05) is 0 Å². The molecule has 0 aliphatic heterocycles. The molecule has 3 rings (SSSR count). The Hall–Kier alpha value is -1.58. The summed E-state index contributed by atoms with van der Waals surface area (Å²) in [5.74, 6) is 0.340. The summed E-state index contributed by atoms with van der Waals surface area (Å²) in [7, 11) is 0. The van der Waals surface area contributed by atoms with Crippen molar-refractivity contribution in [1.82, 2.24) is 0 Å². The summed E-state index contributed by atoms with van der Waals surface area (Å²) < 4.78 is 19.1. The van der Waals surface area contributed by atoms with Gasteiger partial charge in [0, 0.05) is 6.04 Å². The molecule has 2 aromatic carbocycles. The zero-order chi connectivity index (χ0) is 14.8. The van der Waals surface area contributed by atoms with Gasteiger partial charge in [0.25, 0.3) is 0 Å². The van der Waals surface area contributed by atoms with Crippen LogP contribution >= 0.6 is 11.6 Å². The van der Waals surface area contributed by atoms with Crippen LogP contribution in [0.5, 0.6) is 5.75 Å². The van der Waals surface area contributed by atoms with E-state index in [2.05, 4.69) is 6.07 Å².